The molecule has 0 spiro atoms. The van der Waals surface area contributed by atoms with Gasteiger partial charge >= 0.3 is 0 Å². The predicted octanol–water partition coefficient (Wildman–Crippen LogP) is 2.58. The summed E-state index contributed by atoms with van der Waals surface area (Å²) < 4.78 is 0. The summed E-state index contributed by atoms with van der Waals surface area (Å²) in [6.07, 6.45) is 6.33. The first-order chi connectivity index (χ1) is 9.75. The van der Waals surface area contributed by atoms with Gasteiger partial charge in [-0.15, -0.1) is 0 Å². The fourth-order valence-corrected chi connectivity index (χ4v) is 2.78. The molecule has 1 saturated heterocycles. The lowest BCUT2D eigenvalue weighted by atomic mass is 10.0. The van der Waals surface area contributed by atoms with Gasteiger partial charge in [0, 0.05) is 19.0 Å². The maximum Gasteiger partial charge on any atom is 0.220 e. The second-order valence-electron chi connectivity index (χ2n) is 5.71. The van der Waals surface area contributed by atoms with E-state index >= 15 is 0 Å². The Morgan fingerprint density at radius 2 is 2.20 bits per heavy atom. The van der Waals surface area contributed by atoms with Crippen LogP contribution in [0.3, 0.4) is 0 Å². The number of amides is 1. The Bertz CT molecular complexity index is 425. The van der Waals surface area contributed by atoms with E-state index in [4.69, 9.17) is 0 Å². The van der Waals surface area contributed by atoms with Crippen LogP contribution in [0, 0.1) is 6.92 Å². The molecule has 3 heteroatoms. The number of aryl methyl sites for hydroxylation is 2. The van der Waals surface area contributed by atoms with E-state index in [-0.39, 0.29) is 5.91 Å². The lowest BCUT2D eigenvalue weighted by molar-refractivity contribution is -0.121. The van der Waals surface area contributed by atoms with E-state index in [0.717, 1.165) is 25.9 Å². The highest BCUT2D eigenvalue weighted by Gasteiger charge is 2.12. The van der Waals surface area contributed by atoms with Crippen LogP contribution in [0.5, 0.6) is 0 Å². The Balaban J connectivity index is 1.62. The summed E-state index contributed by atoms with van der Waals surface area (Å²) in [6.45, 7) is 4.03. The van der Waals surface area contributed by atoms with Crippen LogP contribution in [0.1, 0.15) is 43.2 Å². The van der Waals surface area contributed by atoms with E-state index in [2.05, 4.69) is 29.7 Å². The zero-order chi connectivity index (χ0) is 14.2. The molecule has 0 saturated carbocycles. The second kappa shape index (κ2) is 8.05. The van der Waals surface area contributed by atoms with Crippen molar-refractivity contribution in [3.8, 4) is 0 Å². The van der Waals surface area contributed by atoms with Crippen LogP contribution < -0.4 is 10.6 Å². The van der Waals surface area contributed by atoms with Crippen molar-refractivity contribution in [2.45, 2.75) is 51.5 Å². The standard InChI is InChI=1S/C17H26N2O/c1-14-6-2-3-7-15(14)9-10-17(20)19-13-11-16-8-4-5-12-18-16/h2-3,6-7,16,18H,4-5,8-13H2,1H3,(H,19,20). The number of hydrogen-bond donors (Lipinski definition) is 2. The van der Waals surface area contributed by atoms with Crippen molar-refractivity contribution in [2.75, 3.05) is 13.1 Å². The third-order valence-electron chi connectivity index (χ3n) is 4.11. The topological polar surface area (TPSA) is 41.1 Å². The molecule has 110 valence electrons. The molecule has 1 unspecified atom stereocenters. The molecule has 1 atom stereocenters. The third kappa shape index (κ3) is 4.97. The number of nitrogens with one attached hydrogen (secondary N) is 2. The molecule has 0 aliphatic carbocycles. The quantitative estimate of drug-likeness (QED) is 0.837. The molecule has 1 amide bonds. The zero-order valence-electron chi connectivity index (χ0n) is 12.5. The van der Waals surface area contributed by atoms with Gasteiger partial charge < -0.3 is 10.6 Å². The summed E-state index contributed by atoms with van der Waals surface area (Å²) in [5.41, 5.74) is 2.54. The van der Waals surface area contributed by atoms with Gasteiger partial charge in [-0.1, -0.05) is 30.7 Å². The molecule has 0 aromatic heterocycles. The lowest BCUT2D eigenvalue weighted by Crippen LogP contribution is -2.37. The minimum atomic E-state index is 0.170. The van der Waals surface area contributed by atoms with Gasteiger partial charge in [0.15, 0.2) is 0 Å². The van der Waals surface area contributed by atoms with Crippen molar-refractivity contribution < 1.29 is 4.79 Å². The van der Waals surface area contributed by atoms with E-state index < -0.39 is 0 Å². The van der Waals surface area contributed by atoms with Crippen molar-refractivity contribution in [3.05, 3.63) is 35.4 Å². The van der Waals surface area contributed by atoms with Crippen molar-refractivity contribution in [3.63, 3.8) is 0 Å². The molecule has 2 rings (SSSR count). The fraction of sp³-hybridized carbons (Fsp3) is 0.588. The molecule has 1 aromatic carbocycles. The van der Waals surface area contributed by atoms with Crippen LogP contribution in [-0.2, 0) is 11.2 Å². The Morgan fingerprint density at radius 1 is 1.35 bits per heavy atom. The molecule has 1 aromatic rings. The molecule has 3 nitrogen and oxygen atoms in total. The molecule has 1 aliphatic heterocycles. The van der Waals surface area contributed by atoms with Gasteiger partial charge in [-0.05, 0) is 50.3 Å². The average Bonchev–Trinajstić information content (AvgIpc) is 2.47. The fourth-order valence-electron chi connectivity index (χ4n) is 2.78. The van der Waals surface area contributed by atoms with Crippen LogP contribution in [0.25, 0.3) is 0 Å². The minimum Gasteiger partial charge on any atom is -0.356 e. The molecular weight excluding hydrogens is 248 g/mol. The van der Waals surface area contributed by atoms with E-state index in [1.807, 2.05) is 12.1 Å². The van der Waals surface area contributed by atoms with Crippen molar-refractivity contribution in [1.29, 1.82) is 0 Å². The number of piperidine rings is 1. The molecule has 1 aliphatic rings. The van der Waals surface area contributed by atoms with Crippen LogP contribution in [-0.4, -0.2) is 25.0 Å². The molecule has 1 fully saturated rings. The van der Waals surface area contributed by atoms with Gasteiger partial charge in [0.2, 0.25) is 5.91 Å². The predicted molar refractivity (Wildman–Crippen MR) is 82.8 cm³/mol. The van der Waals surface area contributed by atoms with Crippen molar-refractivity contribution in [1.82, 2.24) is 10.6 Å². The van der Waals surface area contributed by atoms with Crippen molar-refractivity contribution in [2.24, 2.45) is 0 Å². The summed E-state index contributed by atoms with van der Waals surface area (Å²) in [5.74, 6) is 0.170. The molecule has 1 heterocycles. The highest BCUT2D eigenvalue weighted by Crippen LogP contribution is 2.10. The number of carbonyl (C=O) groups excluding carboxylic acids is 1. The van der Waals surface area contributed by atoms with Gasteiger partial charge in [-0.3, -0.25) is 4.79 Å². The molecule has 20 heavy (non-hydrogen) atoms. The highest BCUT2D eigenvalue weighted by molar-refractivity contribution is 5.76. The first-order valence-electron chi connectivity index (χ1n) is 7.80. The maximum atomic E-state index is 11.8. The normalized spacial score (nSPS) is 18.8. The Kier molecular flexibility index (Phi) is 6.06. The minimum absolute atomic E-state index is 0.170. The highest BCUT2D eigenvalue weighted by atomic mass is 16.1. The first-order valence-corrected chi connectivity index (χ1v) is 7.80. The molecule has 0 radical (unpaired) electrons. The van der Waals surface area contributed by atoms with E-state index in [1.54, 1.807) is 0 Å². The zero-order valence-corrected chi connectivity index (χ0v) is 12.5. The van der Waals surface area contributed by atoms with Crippen LogP contribution >= 0.6 is 0 Å². The molecule has 0 bridgehead atoms. The summed E-state index contributed by atoms with van der Waals surface area (Å²) >= 11 is 0. The SMILES string of the molecule is Cc1ccccc1CCC(=O)NCCC1CCCCN1. The van der Waals surface area contributed by atoms with Crippen LogP contribution in [0.4, 0.5) is 0 Å². The number of hydrogen-bond acceptors (Lipinski definition) is 2. The number of benzene rings is 1. The van der Waals surface area contributed by atoms with Crippen molar-refractivity contribution >= 4 is 5.91 Å². The van der Waals surface area contributed by atoms with E-state index in [0.29, 0.717) is 12.5 Å². The smallest absolute Gasteiger partial charge is 0.220 e. The van der Waals surface area contributed by atoms with Gasteiger partial charge in [0.05, 0.1) is 0 Å². The van der Waals surface area contributed by atoms with Gasteiger partial charge in [0.1, 0.15) is 0 Å². The second-order valence-corrected chi connectivity index (χ2v) is 5.71. The number of rotatable bonds is 6. The summed E-state index contributed by atoms with van der Waals surface area (Å²) in [4.78, 5) is 11.8. The Morgan fingerprint density at radius 3 is 2.95 bits per heavy atom. The molecule has 2 N–H and O–H groups in total. The maximum absolute atomic E-state index is 11.8. The summed E-state index contributed by atoms with van der Waals surface area (Å²) in [6, 6.07) is 8.88. The number of carbonyl (C=O) groups is 1. The summed E-state index contributed by atoms with van der Waals surface area (Å²) in [5, 5.41) is 6.55. The summed E-state index contributed by atoms with van der Waals surface area (Å²) in [7, 11) is 0. The van der Waals surface area contributed by atoms with Crippen LogP contribution in [0.15, 0.2) is 24.3 Å². The Hall–Kier alpha value is -1.35. The first kappa shape index (κ1) is 15.0. The third-order valence-corrected chi connectivity index (χ3v) is 4.11. The van der Waals surface area contributed by atoms with E-state index in [1.165, 1.54) is 30.4 Å². The Labute approximate surface area is 122 Å². The van der Waals surface area contributed by atoms with E-state index in [9.17, 15) is 4.79 Å². The van der Waals surface area contributed by atoms with Gasteiger partial charge in [-0.2, -0.15) is 0 Å². The largest absolute Gasteiger partial charge is 0.356 e. The van der Waals surface area contributed by atoms with Gasteiger partial charge in [-0.25, -0.2) is 0 Å². The monoisotopic (exact) mass is 274 g/mol. The molecular formula is C17H26N2O. The van der Waals surface area contributed by atoms with Crippen LogP contribution in [0.2, 0.25) is 0 Å². The van der Waals surface area contributed by atoms with Gasteiger partial charge in [0.25, 0.3) is 0 Å². The lowest BCUT2D eigenvalue weighted by Gasteiger charge is -2.23. The average molecular weight is 274 g/mol.